The van der Waals surface area contributed by atoms with Crippen LogP contribution in [0.5, 0.6) is 11.5 Å². The average molecular weight is 355 g/mol. The number of benzene rings is 1. The maximum atomic E-state index is 12.7. The number of aromatic hydroxyl groups is 1. The third-order valence-corrected chi connectivity index (χ3v) is 7.92. The van der Waals surface area contributed by atoms with E-state index in [-0.39, 0.29) is 23.5 Å². The van der Waals surface area contributed by atoms with Crippen molar-refractivity contribution >= 4 is 5.78 Å². The van der Waals surface area contributed by atoms with E-state index in [1.807, 2.05) is 6.07 Å². The fourth-order valence-electron chi connectivity index (χ4n) is 6.53. The van der Waals surface area contributed by atoms with Crippen LogP contribution in [0.4, 0.5) is 0 Å². The molecule has 0 radical (unpaired) electrons. The number of aliphatic hydroxyl groups is 1. The third kappa shape index (κ3) is 1.67. The Balaban J connectivity index is 1.51. The summed E-state index contributed by atoms with van der Waals surface area (Å²) in [5, 5.41) is 26.1. The molecule has 1 unspecified atom stereocenters. The quantitative estimate of drug-likeness (QED) is 0.771. The number of carbonyl (C=O) groups is 1. The molecule has 3 fully saturated rings. The lowest BCUT2D eigenvalue weighted by molar-refractivity contribution is -0.182. The number of phenolic OH excluding ortho intramolecular Hbond substituents is 1. The Kier molecular flexibility index (Phi) is 2.86. The average Bonchev–Trinajstić information content (AvgIpc) is 3.37. The van der Waals surface area contributed by atoms with Crippen LogP contribution in [0, 0.1) is 11.8 Å². The molecule has 1 spiro atoms. The molecular formula is C21H25NO4. The van der Waals surface area contributed by atoms with Crippen LogP contribution in [0.1, 0.15) is 49.7 Å². The summed E-state index contributed by atoms with van der Waals surface area (Å²) in [4.78, 5) is 12.7. The summed E-state index contributed by atoms with van der Waals surface area (Å²) < 4.78 is 6.05. The number of nitrogens with one attached hydrogen (secondary N) is 1. The molecule has 0 saturated heterocycles. The Labute approximate surface area is 152 Å². The lowest BCUT2D eigenvalue weighted by Crippen LogP contribution is -2.73. The van der Waals surface area contributed by atoms with Gasteiger partial charge in [0, 0.05) is 23.9 Å². The first-order valence-corrected chi connectivity index (χ1v) is 10.0. The Morgan fingerprint density at radius 3 is 2.88 bits per heavy atom. The van der Waals surface area contributed by atoms with Crippen LogP contribution in [0.2, 0.25) is 0 Å². The first kappa shape index (κ1) is 15.5. The van der Waals surface area contributed by atoms with Crippen molar-refractivity contribution in [2.45, 2.75) is 68.1 Å². The highest BCUT2D eigenvalue weighted by atomic mass is 16.5. The molecule has 0 amide bonds. The zero-order valence-electron chi connectivity index (χ0n) is 14.8. The summed E-state index contributed by atoms with van der Waals surface area (Å²) in [5.74, 6) is 1.51. The van der Waals surface area contributed by atoms with E-state index in [4.69, 9.17) is 4.74 Å². The third-order valence-electron chi connectivity index (χ3n) is 7.92. The molecule has 1 aromatic carbocycles. The molecule has 2 bridgehead atoms. The van der Waals surface area contributed by atoms with Crippen molar-refractivity contribution in [1.29, 1.82) is 0 Å². The lowest BCUT2D eigenvalue weighted by atomic mass is 9.44. The second-order valence-electron chi connectivity index (χ2n) is 9.12. The number of hydrogen-bond acceptors (Lipinski definition) is 5. The molecule has 5 nitrogen and oxygen atoms in total. The van der Waals surface area contributed by atoms with Gasteiger partial charge < -0.3 is 20.3 Å². The molecule has 3 N–H and O–H groups in total. The summed E-state index contributed by atoms with van der Waals surface area (Å²) >= 11 is 0. The Bertz CT molecular complexity index is 818. The fourth-order valence-corrected chi connectivity index (χ4v) is 6.53. The van der Waals surface area contributed by atoms with Gasteiger partial charge in [-0.15, -0.1) is 0 Å². The van der Waals surface area contributed by atoms with Crippen LogP contribution in [0.3, 0.4) is 0 Å². The molecule has 1 aromatic rings. The van der Waals surface area contributed by atoms with Crippen molar-refractivity contribution in [2.75, 3.05) is 6.54 Å². The highest BCUT2D eigenvalue weighted by Gasteiger charge is 2.73. The maximum Gasteiger partial charge on any atom is 0.174 e. The van der Waals surface area contributed by atoms with E-state index in [1.54, 1.807) is 6.07 Å². The SMILES string of the molecule is O=C1CC[C@@]2(O)[C@H]3Cc4ccc(O)c5c4[C@@]2(CCC3NCC2CC2)[C@H]1O5. The van der Waals surface area contributed by atoms with Gasteiger partial charge in [-0.25, -0.2) is 0 Å². The number of carbonyl (C=O) groups excluding carboxylic acids is 1. The zero-order valence-corrected chi connectivity index (χ0v) is 14.8. The fraction of sp³-hybridized carbons (Fsp3) is 0.667. The number of ether oxygens (including phenoxy) is 1. The standard InChI is InChI=1S/C21H25NO4/c23-15-4-3-12-9-13-14(22-10-11-1-2-11)5-7-20-17(12)18(15)26-19(20)16(24)6-8-21(13,20)25/h3-4,11,13-14,19,22-23,25H,1-2,5-10H2/t13-,14?,19-,20-,21+/m0/s1. The maximum absolute atomic E-state index is 12.7. The first-order chi connectivity index (χ1) is 12.5. The van der Waals surface area contributed by atoms with E-state index in [2.05, 4.69) is 5.32 Å². The van der Waals surface area contributed by atoms with Gasteiger partial charge in [-0.05, 0) is 62.6 Å². The Hall–Kier alpha value is -1.59. The molecule has 6 rings (SSSR count). The molecule has 138 valence electrons. The molecule has 5 atom stereocenters. The van der Waals surface area contributed by atoms with Gasteiger partial charge in [0.1, 0.15) is 0 Å². The smallest absolute Gasteiger partial charge is 0.174 e. The van der Waals surface area contributed by atoms with E-state index < -0.39 is 17.1 Å². The Morgan fingerprint density at radius 1 is 1.23 bits per heavy atom. The van der Waals surface area contributed by atoms with Gasteiger partial charge in [0.05, 0.1) is 11.0 Å². The van der Waals surface area contributed by atoms with Gasteiger partial charge in [-0.3, -0.25) is 4.79 Å². The molecule has 0 aromatic heterocycles. The molecule has 1 heterocycles. The second kappa shape index (κ2) is 4.82. The van der Waals surface area contributed by atoms with Crippen molar-refractivity contribution in [3.8, 4) is 11.5 Å². The minimum absolute atomic E-state index is 0.0706. The molecule has 3 saturated carbocycles. The van der Waals surface area contributed by atoms with Crippen LogP contribution in [-0.4, -0.2) is 40.3 Å². The highest BCUT2D eigenvalue weighted by molar-refractivity contribution is 5.89. The predicted octanol–water partition coefficient (Wildman–Crippen LogP) is 1.82. The van der Waals surface area contributed by atoms with E-state index >= 15 is 0 Å². The van der Waals surface area contributed by atoms with Crippen LogP contribution in [0.25, 0.3) is 0 Å². The summed E-state index contributed by atoms with van der Waals surface area (Å²) in [6.07, 6.45) is 5.32. The first-order valence-electron chi connectivity index (χ1n) is 10.0. The largest absolute Gasteiger partial charge is 0.504 e. The van der Waals surface area contributed by atoms with Gasteiger partial charge in [0.15, 0.2) is 23.4 Å². The summed E-state index contributed by atoms with van der Waals surface area (Å²) in [7, 11) is 0. The lowest BCUT2D eigenvalue weighted by Gasteiger charge is -2.61. The summed E-state index contributed by atoms with van der Waals surface area (Å²) in [6.45, 7) is 1.04. The number of phenols is 1. The van der Waals surface area contributed by atoms with E-state index in [0.717, 1.165) is 42.9 Å². The van der Waals surface area contributed by atoms with Crippen molar-refractivity contribution in [2.24, 2.45) is 11.8 Å². The minimum atomic E-state index is -0.933. The molecule has 26 heavy (non-hydrogen) atoms. The van der Waals surface area contributed by atoms with Gasteiger partial charge >= 0.3 is 0 Å². The second-order valence-corrected chi connectivity index (χ2v) is 9.12. The van der Waals surface area contributed by atoms with E-state index in [0.29, 0.717) is 18.6 Å². The van der Waals surface area contributed by atoms with E-state index in [9.17, 15) is 15.0 Å². The van der Waals surface area contributed by atoms with Gasteiger partial charge in [0.2, 0.25) is 0 Å². The number of hydrogen-bond donors (Lipinski definition) is 3. The van der Waals surface area contributed by atoms with Crippen LogP contribution in [0.15, 0.2) is 12.1 Å². The van der Waals surface area contributed by atoms with Gasteiger partial charge in [-0.2, -0.15) is 0 Å². The van der Waals surface area contributed by atoms with Crippen molar-refractivity contribution < 1.29 is 19.7 Å². The van der Waals surface area contributed by atoms with Crippen molar-refractivity contribution in [3.63, 3.8) is 0 Å². The van der Waals surface area contributed by atoms with Crippen LogP contribution >= 0.6 is 0 Å². The predicted molar refractivity (Wildman–Crippen MR) is 94.3 cm³/mol. The van der Waals surface area contributed by atoms with E-state index in [1.165, 1.54) is 12.8 Å². The summed E-state index contributed by atoms with van der Waals surface area (Å²) in [5.41, 5.74) is 0.460. The normalized spacial score (nSPS) is 42.3. The Morgan fingerprint density at radius 2 is 2.08 bits per heavy atom. The molecule has 5 heteroatoms. The van der Waals surface area contributed by atoms with Gasteiger partial charge in [-0.1, -0.05) is 6.07 Å². The number of rotatable bonds is 3. The van der Waals surface area contributed by atoms with Gasteiger partial charge in [0.25, 0.3) is 0 Å². The highest BCUT2D eigenvalue weighted by Crippen LogP contribution is 2.66. The van der Waals surface area contributed by atoms with Crippen molar-refractivity contribution in [1.82, 2.24) is 5.32 Å². The topological polar surface area (TPSA) is 78.8 Å². The molecule has 4 aliphatic carbocycles. The minimum Gasteiger partial charge on any atom is -0.504 e. The number of Topliss-reactive ketones (excluding diaryl/α,β-unsaturated/α-hetero) is 1. The number of ketones is 1. The molecular weight excluding hydrogens is 330 g/mol. The summed E-state index contributed by atoms with van der Waals surface area (Å²) in [6, 6.07) is 3.93. The zero-order chi connectivity index (χ0) is 17.7. The van der Waals surface area contributed by atoms with Crippen molar-refractivity contribution in [3.05, 3.63) is 23.3 Å². The van der Waals surface area contributed by atoms with Crippen LogP contribution < -0.4 is 10.1 Å². The van der Waals surface area contributed by atoms with Crippen LogP contribution in [-0.2, 0) is 16.6 Å². The molecule has 1 aliphatic heterocycles. The molecule has 5 aliphatic rings. The monoisotopic (exact) mass is 355 g/mol.